The molecule has 5 rings (SSSR count). The molecule has 0 bridgehead atoms. The van der Waals surface area contributed by atoms with Gasteiger partial charge in [-0.15, -0.1) is 0 Å². The molecule has 26 heavy (non-hydrogen) atoms. The molecule has 1 fully saturated rings. The Bertz CT molecular complexity index is 1080. The Morgan fingerprint density at radius 3 is 2.50 bits per heavy atom. The Morgan fingerprint density at radius 1 is 0.885 bits per heavy atom. The fourth-order valence-corrected chi connectivity index (χ4v) is 3.40. The quantitative estimate of drug-likeness (QED) is 0.547. The van der Waals surface area contributed by atoms with Crippen LogP contribution in [-0.4, -0.2) is 55.7 Å². The summed E-state index contributed by atoms with van der Waals surface area (Å²) in [5.41, 5.74) is 2.81. The van der Waals surface area contributed by atoms with E-state index in [2.05, 4.69) is 35.9 Å². The minimum Gasteiger partial charge on any atom is -0.353 e. The van der Waals surface area contributed by atoms with E-state index in [0.717, 1.165) is 54.5 Å². The van der Waals surface area contributed by atoms with Gasteiger partial charge in [-0.1, -0.05) is 12.1 Å². The van der Waals surface area contributed by atoms with Gasteiger partial charge in [-0.3, -0.25) is 4.98 Å². The molecule has 4 heterocycles. The topological polar surface area (TPSA) is 75.3 Å². The summed E-state index contributed by atoms with van der Waals surface area (Å²) < 4.78 is 1.80. The minimum atomic E-state index is 0.642. The van der Waals surface area contributed by atoms with E-state index >= 15 is 0 Å². The summed E-state index contributed by atoms with van der Waals surface area (Å²) in [5, 5.41) is 4.31. The van der Waals surface area contributed by atoms with Crippen LogP contribution >= 0.6 is 0 Å². The number of piperazine rings is 1. The number of anilines is 2. The number of aryl methyl sites for hydroxylation is 1. The van der Waals surface area contributed by atoms with Crippen molar-refractivity contribution in [2.45, 2.75) is 6.92 Å². The number of rotatable bonds is 2. The van der Waals surface area contributed by atoms with Crippen molar-refractivity contribution in [3.8, 4) is 0 Å². The Labute approximate surface area is 150 Å². The molecule has 1 saturated heterocycles. The van der Waals surface area contributed by atoms with Gasteiger partial charge in [0.1, 0.15) is 18.0 Å². The van der Waals surface area contributed by atoms with E-state index in [0.29, 0.717) is 5.78 Å². The molecule has 0 N–H and O–H groups in total. The second-order valence-electron chi connectivity index (χ2n) is 6.42. The molecule has 1 aromatic carbocycles. The smallest absolute Gasteiger partial charge is 0.254 e. The number of hydrogen-bond acceptors (Lipinski definition) is 7. The molecule has 130 valence electrons. The van der Waals surface area contributed by atoms with E-state index in [1.54, 1.807) is 10.8 Å². The number of aromatic nitrogens is 6. The van der Waals surface area contributed by atoms with Gasteiger partial charge in [0, 0.05) is 37.9 Å². The number of benzene rings is 1. The largest absolute Gasteiger partial charge is 0.353 e. The van der Waals surface area contributed by atoms with Gasteiger partial charge in [0.25, 0.3) is 5.78 Å². The zero-order chi connectivity index (χ0) is 17.5. The molecule has 0 aliphatic carbocycles. The maximum atomic E-state index is 4.76. The summed E-state index contributed by atoms with van der Waals surface area (Å²) in [6.45, 7) is 5.51. The van der Waals surface area contributed by atoms with Gasteiger partial charge in [0.15, 0.2) is 0 Å². The van der Waals surface area contributed by atoms with E-state index in [9.17, 15) is 0 Å². The number of fused-ring (bicyclic) bond motifs is 2. The zero-order valence-corrected chi connectivity index (χ0v) is 14.4. The van der Waals surface area contributed by atoms with Crippen molar-refractivity contribution in [1.29, 1.82) is 0 Å². The average molecular weight is 346 g/mol. The van der Waals surface area contributed by atoms with Crippen LogP contribution in [-0.2, 0) is 0 Å². The molecular formula is C18H18N8. The molecule has 4 aromatic rings. The van der Waals surface area contributed by atoms with Crippen LogP contribution < -0.4 is 9.80 Å². The fourth-order valence-electron chi connectivity index (χ4n) is 3.40. The molecule has 8 heteroatoms. The monoisotopic (exact) mass is 346 g/mol. The third kappa shape index (κ3) is 2.50. The summed E-state index contributed by atoms with van der Waals surface area (Å²) in [4.78, 5) is 22.5. The van der Waals surface area contributed by atoms with Crippen LogP contribution in [0.5, 0.6) is 0 Å². The number of hydrogen-bond donors (Lipinski definition) is 0. The minimum absolute atomic E-state index is 0.642. The normalized spacial score (nSPS) is 15.1. The summed E-state index contributed by atoms with van der Waals surface area (Å²) in [6.07, 6.45) is 3.41. The third-order valence-corrected chi connectivity index (χ3v) is 4.72. The van der Waals surface area contributed by atoms with Crippen LogP contribution in [0, 0.1) is 6.92 Å². The molecule has 3 aromatic heterocycles. The van der Waals surface area contributed by atoms with Crippen LogP contribution in [0.1, 0.15) is 5.69 Å². The first kappa shape index (κ1) is 15.0. The van der Waals surface area contributed by atoms with Crippen LogP contribution in [0.2, 0.25) is 0 Å². The Kier molecular flexibility index (Phi) is 3.41. The van der Waals surface area contributed by atoms with Gasteiger partial charge in [0.2, 0.25) is 0 Å². The Balaban J connectivity index is 1.39. The molecule has 0 unspecified atom stereocenters. The first-order valence-electron chi connectivity index (χ1n) is 8.67. The highest BCUT2D eigenvalue weighted by atomic mass is 15.4. The van der Waals surface area contributed by atoms with Gasteiger partial charge in [-0.05, 0) is 19.1 Å². The lowest BCUT2D eigenvalue weighted by molar-refractivity contribution is 0.633. The summed E-state index contributed by atoms with van der Waals surface area (Å²) in [6, 6.07) is 10.0. The van der Waals surface area contributed by atoms with Gasteiger partial charge in [0.05, 0.1) is 17.2 Å². The number of nitrogens with zero attached hydrogens (tertiary/aromatic N) is 8. The van der Waals surface area contributed by atoms with Gasteiger partial charge in [-0.25, -0.2) is 9.97 Å². The second-order valence-corrected chi connectivity index (χ2v) is 6.42. The molecule has 0 radical (unpaired) electrons. The van der Waals surface area contributed by atoms with E-state index < -0.39 is 0 Å². The maximum absolute atomic E-state index is 4.76. The van der Waals surface area contributed by atoms with Gasteiger partial charge < -0.3 is 9.80 Å². The maximum Gasteiger partial charge on any atom is 0.254 e. The van der Waals surface area contributed by atoms with Crippen molar-refractivity contribution in [2.24, 2.45) is 0 Å². The van der Waals surface area contributed by atoms with Crippen LogP contribution in [0.4, 0.5) is 11.6 Å². The molecule has 1 aliphatic rings. The summed E-state index contributed by atoms with van der Waals surface area (Å²) in [5.74, 6) is 2.61. The van der Waals surface area contributed by atoms with Crippen molar-refractivity contribution in [1.82, 2.24) is 29.5 Å². The highest BCUT2D eigenvalue weighted by Gasteiger charge is 2.21. The summed E-state index contributed by atoms with van der Waals surface area (Å²) >= 11 is 0. The lowest BCUT2D eigenvalue weighted by Gasteiger charge is -2.36. The highest BCUT2D eigenvalue weighted by Crippen LogP contribution is 2.21. The van der Waals surface area contributed by atoms with Crippen molar-refractivity contribution < 1.29 is 0 Å². The van der Waals surface area contributed by atoms with Crippen LogP contribution in [0.15, 0.2) is 42.9 Å². The predicted molar refractivity (Wildman–Crippen MR) is 99.5 cm³/mol. The number of para-hydroxylation sites is 2. The molecule has 0 saturated carbocycles. The van der Waals surface area contributed by atoms with Gasteiger partial charge in [-0.2, -0.15) is 14.6 Å². The molecule has 0 amide bonds. The molecule has 8 nitrogen and oxygen atoms in total. The van der Waals surface area contributed by atoms with Crippen molar-refractivity contribution in [3.63, 3.8) is 0 Å². The molecule has 1 aliphatic heterocycles. The third-order valence-electron chi connectivity index (χ3n) is 4.72. The molecule has 0 atom stereocenters. The highest BCUT2D eigenvalue weighted by molar-refractivity contribution is 5.75. The van der Waals surface area contributed by atoms with Crippen molar-refractivity contribution in [3.05, 3.63) is 48.5 Å². The lowest BCUT2D eigenvalue weighted by atomic mass is 10.3. The average Bonchev–Trinajstić information content (AvgIpc) is 3.15. The second kappa shape index (κ2) is 5.91. The van der Waals surface area contributed by atoms with E-state index in [1.807, 2.05) is 37.4 Å². The first-order chi connectivity index (χ1) is 12.8. The zero-order valence-electron chi connectivity index (χ0n) is 14.4. The van der Waals surface area contributed by atoms with Crippen LogP contribution in [0.25, 0.3) is 16.8 Å². The van der Waals surface area contributed by atoms with Gasteiger partial charge >= 0.3 is 0 Å². The van der Waals surface area contributed by atoms with Crippen molar-refractivity contribution >= 4 is 28.4 Å². The Morgan fingerprint density at radius 2 is 1.65 bits per heavy atom. The van der Waals surface area contributed by atoms with Crippen molar-refractivity contribution in [2.75, 3.05) is 36.0 Å². The van der Waals surface area contributed by atoms with E-state index in [1.165, 1.54) is 0 Å². The molecular weight excluding hydrogens is 328 g/mol. The lowest BCUT2D eigenvalue weighted by Crippen LogP contribution is -2.47. The van der Waals surface area contributed by atoms with E-state index in [4.69, 9.17) is 4.98 Å². The Hall–Kier alpha value is -3.29. The van der Waals surface area contributed by atoms with E-state index in [-0.39, 0.29) is 0 Å². The predicted octanol–water partition coefficient (Wildman–Crippen LogP) is 1.70. The summed E-state index contributed by atoms with van der Waals surface area (Å²) in [7, 11) is 0. The van der Waals surface area contributed by atoms with Crippen LogP contribution in [0.3, 0.4) is 0 Å². The fraction of sp³-hybridized carbons (Fsp3) is 0.278. The standard InChI is InChI=1S/C18H18N8/c1-13-10-17(26-18(22-13)20-12-21-26)25-8-6-24(7-9-25)16-11-19-14-4-2-3-5-15(14)23-16/h2-5,10-12H,6-9H2,1H3. The first-order valence-corrected chi connectivity index (χ1v) is 8.67. The SMILES string of the molecule is Cc1cc(N2CCN(c3cnc4ccccc4n3)CC2)n2ncnc2n1. The molecule has 0 spiro atoms.